The highest BCUT2D eigenvalue weighted by Crippen LogP contribution is 2.29. The number of hydrogen-bond donors (Lipinski definition) is 1. The molecule has 2 fully saturated rings. The molecule has 2 aliphatic rings. The highest BCUT2D eigenvalue weighted by molar-refractivity contribution is 5.83. The Morgan fingerprint density at radius 3 is 2.46 bits per heavy atom. The van der Waals surface area contributed by atoms with E-state index in [-0.39, 0.29) is 31.0 Å². The van der Waals surface area contributed by atoms with Gasteiger partial charge in [-0.1, -0.05) is 6.42 Å². The van der Waals surface area contributed by atoms with Gasteiger partial charge in [0, 0.05) is 25.7 Å². The molecule has 2 amide bonds. The maximum absolute atomic E-state index is 12.6. The third-order valence-electron chi connectivity index (χ3n) is 5.03. The summed E-state index contributed by atoms with van der Waals surface area (Å²) in [7, 11) is 0. The Hall–Kier alpha value is -1.31. The normalized spacial score (nSPS) is 28.0. The lowest BCUT2D eigenvalue weighted by atomic mass is 9.94. The van der Waals surface area contributed by atoms with Gasteiger partial charge in [0.2, 0.25) is 11.8 Å². The van der Waals surface area contributed by atoms with E-state index < -0.39 is 24.5 Å². The zero-order valence-electron chi connectivity index (χ0n) is 14.0. The lowest BCUT2D eigenvalue weighted by molar-refractivity contribution is -0.165. The summed E-state index contributed by atoms with van der Waals surface area (Å²) in [6.45, 7) is 1.07. The topological polar surface area (TPSA) is 66.6 Å². The van der Waals surface area contributed by atoms with E-state index in [1.807, 2.05) is 0 Å². The fraction of sp³-hybridized carbons (Fsp3) is 0.875. The van der Waals surface area contributed by atoms with E-state index in [1.165, 1.54) is 6.92 Å². The number of likely N-dealkylation sites (tertiary alicyclic amines) is 1. The van der Waals surface area contributed by atoms with Crippen LogP contribution in [0.3, 0.4) is 0 Å². The lowest BCUT2D eigenvalue weighted by Gasteiger charge is -2.36. The molecule has 0 aromatic carbocycles. The largest absolute Gasteiger partial charge is 0.406 e. The summed E-state index contributed by atoms with van der Waals surface area (Å²) in [6, 6.07) is -0.147. The summed E-state index contributed by atoms with van der Waals surface area (Å²) in [5, 5.41) is 0. The van der Waals surface area contributed by atoms with E-state index in [4.69, 9.17) is 5.73 Å². The molecule has 0 aromatic rings. The number of nitrogens with two attached hydrogens (primary N) is 1. The molecule has 1 aliphatic heterocycles. The second-order valence-electron chi connectivity index (χ2n) is 6.79. The Morgan fingerprint density at radius 1 is 1.21 bits per heavy atom. The minimum Gasteiger partial charge on any atom is -0.342 e. The lowest BCUT2D eigenvalue weighted by Crippen LogP contribution is -2.51. The predicted octanol–water partition coefficient (Wildman–Crippen LogP) is 1.76. The number of halogens is 3. The molecule has 0 aromatic heterocycles. The Morgan fingerprint density at radius 2 is 1.92 bits per heavy atom. The zero-order valence-corrected chi connectivity index (χ0v) is 14.0. The maximum Gasteiger partial charge on any atom is 0.406 e. The van der Waals surface area contributed by atoms with Crippen molar-refractivity contribution >= 4 is 11.8 Å². The molecule has 0 spiro atoms. The van der Waals surface area contributed by atoms with Crippen LogP contribution in [0.1, 0.15) is 39.0 Å². The number of alkyl halides is 3. The SMILES string of the molecule is CCN(CC(F)(F)F)C(=O)[C@@H]1CCCN(C(=O)[C@@H]2CCC[C@H]2N)C1. The average Bonchev–Trinajstić information content (AvgIpc) is 2.96. The van der Waals surface area contributed by atoms with E-state index in [9.17, 15) is 22.8 Å². The first-order valence-corrected chi connectivity index (χ1v) is 8.62. The van der Waals surface area contributed by atoms with Crippen molar-refractivity contribution in [3.63, 3.8) is 0 Å². The quantitative estimate of drug-likeness (QED) is 0.841. The van der Waals surface area contributed by atoms with Crippen LogP contribution in [0, 0.1) is 11.8 Å². The van der Waals surface area contributed by atoms with Crippen LogP contribution in [-0.2, 0) is 9.59 Å². The van der Waals surface area contributed by atoms with E-state index in [1.54, 1.807) is 4.90 Å². The first-order chi connectivity index (χ1) is 11.2. The van der Waals surface area contributed by atoms with Crippen LogP contribution in [0.2, 0.25) is 0 Å². The van der Waals surface area contributed by atoms with Gasteiger partial charge < -0.3 is 15.5 Å². The molecule has 3 atom stereocenters. The Kier molecular flexibility index (Phi) is 6.11. The molecule has 1 saturated carbocycles. The van der Waals surface area contributed by atoms with Gasteiger partial charge in [-0.15, -0.1) is 0 Å². The third-order valence-corrected chi connectivity index (χ3v) is 5.03. The van der Waals surface area contributed by atoms with E-state index >= 15 is 0 Å². The predicted molar refractivity (Wildman–Crippen MR) is 82.9 cm³/mol. The number of carbonyl (C=O) groups excluding carboxylic acids is 2. The fourth-order valence-electron chi connectivity index (χ4n) is 3.73. The standard InChI is InChI=1S/C16H26F3N3O2/c1-2-21(10-16(17,18)19)14(23)11-5-4-8-22(9-11)15(24)12-6-3-7-13(12)20/h11-13H,2-10,20H2,1H3/t11-,12-,13-/m1/s1. The highest BCUT2D eigenvalue weighted by atomic mass is 19.4. The molecule has 1 saturated heterocycles. The van der Waals surface area contributed by atoms with Gasteiger partial charge in [0.05, 0.1) is 11.8 Å². The first-order valence-electron chi connectivity index (χ1n) is 8.62. The molecule has 138 valence electrons. The van der Waals surface area contributed by atoms with Crippen LogP contribution in [-0.4, -0.2) is 60.0 Å². The van der Waals surface area contributed by atoms with Gasteiger partial charge >= 0.3 is 6.18 Å². The molecule has 2 N–H and O–H groups in total. The molecule has 1 aliphatic carbocycles. The number of rotatable bonds is 4. The van der Waals surface area contributed by atoms with Crippen molar-refractivity contribution in [2.24, 2.45) is 17.6 Å². The van der Waals surface area contributed by atoms with Crippen molar-refractivity contribution in [1.29, 1.82) is 0 Å². The number of carbonyl (C=O) groups is 2. The highest BCUT2D eigenvalue weighted by Gasteiger charge is 2.39. The van der Waals surface area contributed by atoms with Crippen molar-refractivity contribution in [3.05, 3.63) is 0 Å². The summed E-state index contributed by atoms with van der Waals surface area (Å²) in [5.74, 6) is -1.32. The molecule has 5 nitrogen and oxygen atoms in total. The van der Waals surface area contributed by atoms with Gasteiger partial charge in [-0.05, 0) is 32.6 Å². The average molecular weight is 349 g/mol. The summed E-state index contributed by atoms with van der Waals surface area (Å²) < 4.78 is 37.8. The van der Waals surface area contributed by atoms with Crippen LogP contribution in [0.4, 0.5) is 13.2 Å². The summed E-state index contributed by atoms with van der Waals surface area (Å²) in [5.41, 5.74) is 5.97. The van der Waals surface area contributed by atoms with E-state index in [0.717, 1.165) is 24.2 Å². The Balaban J connectivity index is 1.98. The monoisotopic (exact) mass is 349 g/mol. The van der Waals surface area contributed by atoms with E-state index in [2.05, 4.69) is 0 Å². The number of piperidine rings is 1. The summed E-state index contributed by atoms with van der Waals surface area (Å²) in [6.07, 6.45) is -0.761. The molecule has 8 heteroatoms. The van der Waals surface area contributed by atoms with E-state index in [0.29, 0.717) is 19.4 Å². The second kappa shape index (κ2) is 7.72. The third kappa shape index (κ3) is 4.62. The van der Waals surface area contributed by atoms with Gasteiger partial charge in [0.25, 0.3) is 0 Å². The minimum absolute atomic E-state index is 0.0102. The Labute approximate surface area is 140 Å². The van der Waals surface area contributed by atoms with Gasteiger partial charge in [-0.25, -0.2) is 0 Å². The second-order valence-corrected chi connectivity index (χ2v) is 6.79. The molecule has 24 heavy (non-hydrogen) atoms. The molecular formula is C16H26F3N3O2. The number of nitrogens with zero attached hydrogens (tertiary/aromatic N) is 2. The molecule has 1 heterocycles. The minimum atomic E-state index is -4.41. The molecule has 0 bridgehead atoms. The molecule has 2 rings (SSSR count). The van der Waals surface area contributed by atoms with Crippen LogP contribution < -0.4 is 5.73 Å². The van der Waals surface area contributed by atoms with Crippen LogP contribution >= 0.6 is 0 Å². The fourth-order valence-corrected chi connectivity index (χ4v) is 3.73. The number of hydrogen-bond acceptors (Lipinski definition) is 3. The van der Waals surface area contributed by atoms with Crippen molar-refractivity contribution < 1.29 is 22.8 Å². The van der Waals surface area contributed by atoms with Gasteiger partial charge in [0.1, 0.15) is 6.54 Å². The van der Waals surface area contributed by atoms with Gasteiger partial charge in [0.15, 0.2) is 0 Å². The molecule has 0 radical (unpaired) electrons. The smallest absolute Gasteiger partial charge is 0.342 e. The first kappa shape index (κ1) is 19.0. The van der Waals surface area contributed by atoms with Crippen LogP contribution in [0.25, 0.3) is 0 Å². The summed E-state index contributed by atoms with van der Waals surface area (Å²) in [4.78, 5) is 27.5. The maximum atomic E-state index is 12.6. The number of amides is 2. The van der Waals surface area contributed by atoms with Gasteiger partial charge in [-0.2, -0.15) is 13.2 Å². The van der Waals surface area contributed by atoms with Crippen LogP contribution in [0.15, 0.2) is 0 Å². The van der Waals surface area contributed by atoms with Crippen molar-refractivity contribution in [1.82, 2.24) is 9.80 Å². The van der Waals surface area contributed by atoms with Crippen LogP contribution in [0.5, 0.6) is 0 Å². The van der Waals surface area contributed by atoms with Crippen molar-refractivity contribution in [2.75, 3.05) is 26.2 Å². The molecular weight excluding hydrogens is 323 g/mol. The summed E-state index contributed by atoms with van der Waals surface area (Å²) >= 11 is 0. The molecule has 0 unspecified atom stereocenters. The zero-order chi connectivity index (χ0) is 17.9. The van der Waals surface area contributed by atoms with Gasteiger partial charge in [-0.3, -0.25) is 9.59 Å². The van der Waals surface area contributed by atoms with Crippen molar-refractivity contribution in [3.8, 4) is 0 Å². The van der Waals surface area contributed by atoms with Crippen molar-refractivity contribution in [2.45, 2.75) is 51.2 Å². The Bertz CT molecular complexity index is 470.